The summed E-state index contributed by atoms with van der Waals surface area (Å²) in [7, 11) is 1.59. The predicted octanol–water partition coefficient (Wildman–Crippen LogP) is 4.86. The molecule has 3 aromatic rings. The number of aliphatic hydroxyl groups is 1. The van der Waals surface area contributed by atoms with Crippen LogP contribution in [0.4, 0.5) is 5.69 Å². The van der Waals surface area contributed by atoms with Crippen molar-refractivity contribution in [3.8, 4) is 11.5 Å². The first kappa shape index (κ1) is 26.1. The summed E-state index contributed by atoms with van der Waals surface area (Å²) in [5.74, 6) is 1.08. The molecule has 2 heterocycles. The number of carbonyl (C=O) groups is 2. The minimum absolute atomic E-state index is 0.0546. The number of benzene rings is 3. The van der Waals surface area contributed by atoms with E-state index >= 15 is 0 Å². The van der Waals surface area contributed by atoms with E-state index in [9.17, 15) is 14.7 Å². The Kier molecular flexibility index (Phi) is 6.84. The highest BCUT2D eigenvalue weighted by atomic mass is 35.5. The molecule has 2 aliphatic heterocycles. The molecule has 7 nitrogen and oxygen atoms in total. The number of ether oxygens (including phenoxy) is 2. The first-order chi connectivity index (χ1) is 18.1. The molecule has 0 saturated carbocycles. The third-order valence-corrected chi connectivity index (χ3v) is 7.42. The van der Waals surface area contributed by atoms with Gasteiger partial charge in [-0.2, -0.15) is 0 Å². The van der Waals surface area contributed by atoms with E-state index in [4.69, 9.17) is 21.1 Å². The zero-order valence-electron chi connectivity index (χ0n) is 21.9. The molecule has 3 aromatic carbocycles. The monoisotopic (exact) mass is 534 g/mol. The van der Waals surface area contributed by atoms with E-state index in [1.807, 2.05) is 74.5 Å². The molecule has 8 heteroatoms. The highest BCUT2D eigenvalue weighted by Crippen LogP contribution is 2.44. The number of likely N-dealkylation sites (tertiary alicyclic amines) is 1. The van der Waals surface area contributed by atoms with Crippen LogP contribution in [0.5, 0.6) is 11.5 Å². The van der Waals surface area contributed by atoms with Crippen LogP contribution in [0.2, 0.25) is 5.02 Å². The molecular formula is C30H31ClN2O5. The second-order valence-electron chi connectivity index (χ2n) is 10.2. The van der Waals surface area contributed by atoms with Crippen LogP contribution in [0.25, 0.3) is 0 Å². The van der Waals surface area contributed by atoms with Gasteiger partial charge in [0.2, 0.25) is 11.8 Å². The first-order valence-electron chi connectivity index (χ1n) is 12.6. The Bertz CT molecular complexity index is 1360. The Labute approximate surface area is 227 Å². The van der Waals surface area contributed by atoms with Crippen molar-refractivity contribution in [3.63, 3.8) is 0 Å². The zero-order chi connectivity index (χ0) is 27.2. The number of methoxy groups -OCH3 is 1. The fourth-order valence-corrected chi connectivity index (χ4v) is 5.38. The predicted molar refractivity (Wildman–Crippen MR) is 146 cm³/mol. The van der Waals surface area contributed by atoms with E-state index in [0.29, 0.717) is 27.8 Å². The lowest BCUT2D eigenvalue weighted by Gasteiger charge is -2.46. The third-order valence-electron chi connectivity index (χ3n) is 7.17. The lowest BCUT2D eigenvalue weighted by atomic mass is 9.85. The van der Waals surface area contributed by atoms with Crippen LogP contribution in [0.15, 0.2) is 60.7 Å². The maximum atomic E-state index is 13.7. The Morgan fingerprint density at radius 1 is 1.05 bits per heavy atom. The highest BCUT2D eigenvalue weighted by Gasteiger charge is 2.44. The number of anilines is 1. The molecule has 1 fully saturated rings. The maximum Gasteiger partial charge on any atom is 0.232 e. The van der Waals surface area contributed by atoms with Crippen molar-refractivity contribution in [2.45, 2.75) is 44.9 Å². The van der Waals surface area contributed by atoms with Crippen LogP contribution in [0, 0.1) is 0 Å². The molecule has 5 rings (SSSR count). The quantitative estimate of drug-likeness (QED) is 0.488. The average Bonchev–Trinajstić information content (AvgIpc) is 2.86. The van der Waals surface area contributed by atoms with E-state index < -0.39 is 11.6 Å². The van der Waals surface area contributed by atoms with Crippen molar-refractivity contribution in [2.24, 2.45) is 0 Å². The lowest BCUT2D eigenvalue weighted by molar-refractivity contribution is -0.154. The second kappa shape index (κ2) is 9.97. The van der Waals surface area contributed by atoms with Gasteiger partial charge in [-0.3, -0.25) is 9.59 Å². The number of halogens is 1. The summed E-state index contributed by atoms with van der Waals surface area (Å²) < 4.78 is 11.6. The highest BCUT2D eigenvalue weighted by molar-refractivity contribution is 6.30. The van der Waals surface area contributed by atoms with Gasteiger partial charge in [0.05, 0.1) is 38.8 Å². The van der Waals surface area contributed by atoms with Crippen LogP contribution in [0.3, 0.4) is 0 Å². The summed E-state index contributed by atoms with van der Waals surface area (Å²) in [4.78, 5) is 28.7. The van der Waals surface area contributed by atoms with Gasteiger partial charge in [-0.15, -0.1) is 0 Å². The van der Waals surface area contributed by atoms with Gasteiger partial charge in [0.25, 0.3) is 0 Å². The Balaban J connectivity index is 1.57. The number of hydrogen-bond acceptors (Lipinski definition) is 5. The number of rotatable bonds is 6. The molecule has 0 unspecified atom stereocenters. The SMILES string of the molecule is COc1cc2c(cc1OC(C)C)[C@H](c1ccc(Cl)cc1)N(c1ccc(C3(O)CN(C(C)=O)C3)cc1)C(=O)C2. The molecule has 38 heavy (non-hydrogen) atoms. The van der Waals surface area contributed by atoms with Crippen LogP contribution in [-0.2, 0) is 21.6 Å². The number of fused-ring (bicyclic) bond motifs is 1. The normalized spacial score (nSPS) is 18.2. The molecule has 1 saturated heterocycles. The molecule has 198 valence electrons. The first-order valence-corrected chi connectivity index (χ1v) is 13.0. The topological polar surface area (TPSA) is 79.3 Å². The molecule has 1 atom stereocenters. The number of nitrogens with zero attached hydrogens (tertiary/aromatic N) is 2. The largest absolute Gasteiger partial charge is 0.493 e. The molecule has 0 bridgehead atoms. The van der Waals surface area contributed by atoms with Gasteiger partial charge in [-0.1, -0.05) is 35.9 Å². The number of hydrogen-bond donors (Lipinski definition) is 1. The summed E-state index contributed by atoms with van der Waals surface area (Å²) in [6.07, 6.45) is 0.151. The number of β-amino-alcohol motifs (C(OH)–C–C–N with tert-alkyl or cyclic N) is 1. The van der Waals surface area contributed by atoms with E-state index in [-0.39, 0.29) is 37.4 Å². The summed E-state index contributed by atoms with van der Waals surface area (Å²) in [5.41, 5.74) is 3.06. The van der Waals surface area contributed by atoms with Gasteiger partial charge in [0.1, 0.15) is 5.60 Å². The third kappa shape index (κ3) is 4.72. The van der Waals surface area contributed by atoms with Gasteiger partial charge >= 0.3 is 0 Å². The Hall–Kier alpha value is -3.55. The van der Waals surface area contributed by atoms with Crippen molar-refractivity contribution >= 4 is 29.1 Å². The molecular weight excluding hydrogens is 504 g/mol. The average molecular weight is 535 g/mol. The summed E-state index contributed by atoms with van der Waals surface area (Å²) in [6, 6.07) is 18.3. The van der Waals surface area contributed by atoms with Crippen molar-refractivity contribution < 1.29 is 24.2 Å². The van der Waals surface area contributed by atoms with Crippen molar-refractivity contribution in [2.75, 3.05) is 25.1 Å². The van der Waals surface area contributed by atoms with Gasteiger partial charge in [0, 0.05) is 17.6 Å². The molecule has 2 amide bonds. The van der Waals surface area contributed by atoms with Gasteiger partial charge in [-0.05, 0) is 72.5 Å². The molecule has 1 N–H and O–H groups in total. The second-order valence-corrected chi connectivity index (χ2v) is 10.7. The van der Waals surface area contributed by atoms with Crippen LogP contribution in [0.1, 0.15) is 49.1 Å². The van der Waals surface area contributed by atoms with E-state index in [1.165, 1.54) is 6.92 Å². The fraction of sp³-hybridized carbons (Fsp3) is 0.333. The van der Waals surface area contributed by atoms with Gasteiger partial charge in [-0.25, -0.2) is 0 Å². The maximum absolute atomic E-state index is 13.7. The minimum atomic E-state index is -1.09. The molecule has 0 aliphatic carbocycles. The number of carbonyl (C=O) groups excluding carboxylic acids is 2. The summed E-state index contributed by atoms with van der Waals surface area (Å²) in [6.45, 7) is 5.92. The molecule has 0 radical (unpaired) electrons. The minimum Gasteiger partial charge on any atom is -0.493 e. The Morgan fingerprint density at radius 2 is 1.71 bits per heavy atom. The van der Waals surface area contributed by atoms with E-state index in [2.05, 4.69) is 0 Å². The standard InChI is InChI=1S/C30H31ClN2O5/c1-18(2)38-27-15-25-21(13-26(27)37-4)14-28(35)33(29(25)20-5-9-23(31)10-6-20)24-11-7-22(8-12-24)30(36)16-32(17-30)19(3)34/h5-13,15,18,29,36H,14,16-17H2,1-4H3/t29-/m0/s1. The number of amides is 2. The van der Waals surface area contributed by atoms with Crippen molar-refractivity contribution in [3.05, 3.63) is 87.9 Å². The smallest absolute Gasteiger partial charge is 0.232 e. The molecule has 0 spiro atoms. The van der Waals surface area contributed by atoms with Gasteiger partial charge < -0.3 is 24.4 Å². The van der Waals surface area contributed by atoms with Crippen LogP contribution >= 0.6 is 11.6 Å². The summed E-state index contributed by atoms with van der Waals surface area (Å²) in [5, 5.41) is 11.6. The van der Waals surface area contributed by atoms with Crippen molar-refractivity contribution in [1.29, 1.82) is 0 Å². The van der Waals surface area contributed by atoms with E-state index in [1.54, 1.807) is 16.9 Å². The molecule has 2 aliphatic rings. The fourth-order valence-electron chi connectivity index (χ4n) is 5.25. The van der Waals surface area contributed by atoms with E-state index in [0.717, 1.165) is 16.7 Å². The molecule has 0 aromatic heterocycles. The zero-order valence-corrected chi connectivity index (χ0v) is 22.7. The summed E-state index contributed by atoms with van der Waals surface area (Å²) >= 11 is 6.20. The Morgan fingerprint density at radius 3 is 2.29 bits per heavy atom. The lowest BCUT2D eigenvalue weighted by Crippen LogP contribution is -2.60. The van der Waals surface area contributed by atoms with Gasteiger partial charge in [0.15, 0.2) is 11.5 Å². The van der Waals surface area contributed by atoms with Crippen LogP contribution < -0.4 is 14.4 Å². The van der Waals surface area contributed by atoms with Crippen LogP contribution in [-0.4, -0.2) is 48.1 Å². The van der Waals surface area contributed by atoms with Crippen molar-refractivity contribution in [1.82, 2.24) is 4.90 Å².